The molecule has 0 aromatic heterocycles. The Hall–Kier alpha value is -0.0800. The van der Waals surface area contributed by atoms with Gasteiger partial charge in [0.15, 0.2) is 0 Å². The smallest absolute Gasteiger partial charge is 0.0862 e. The molecule has 2 aliphatic rings. The molecule has 0 heterocycles. The Morgan fingerprint density at radius 1 is 0.938 bits per heavy atom. The van der Waals surface area contributed by atoms with Crippen LogP contribution < -0.4 is 0 Å². The molecule has 2 saturated carbocycles. The summed E-state index contributed by atoms with van der Waals surface area (Å²) in [6.45, 7) is 1.90. The van der Waals surface area contributed by atoms with Crippen LogP contribution in [0.5, 0.6) is 0 Å². The minimum Gasteiger partial charge on any atom is -0.391 e. The maximum Gasteiger partial charge on any atom is 0.0862 e. The van der Waals surface area contributed by atoms with Crippen LogP contribution in [0.1, 0.15) is 64.7 Å². The lowest BCUT2D eigenvalue weighted by atomic mass is 9.83. The molecule has 2 aliphatic carbocycles. The summed E-state index contributed by atoms with van der Waals surface area (Å²) in [5.74, 6) is 0.606. The van der Waals surface area contributed by atoms with Gasteiger partial charge in [0.2, 0.25) is 0 Å². The van der Waals surface area contributed by atoms with E-state index in [1.54, 1.807) is 0 Å². The Bertz CT molecular complexity index is 191. The van der Waals surface area contributed by atoms with Crippen LogP contribution in [0.3, 0.4) is 0 Å². The maximum absolute atomic E-state index is 9.90. The molecule has 0 saturated heterocycles. The highest BCUT2D eigenvalue weighted by Gasteiger charge is 2.31. The second-order valence-electron chi connectivity index (χ2n) is 5.65. The zero-order valence-electron chi connectivity index (χ0n) is 10.5. The van der Waals surface area contributed by atoms with Crippen molar-refractivity contribution in [3.8, 4) is 0 Å². The molecule has 0 aromatic rings. The molecule has 94 valence electrons. The third-order valence-electron chi connectivity index (χ3n) is 4.24. The predicted molar refractivity (Wildman–Crippen MR) is 65.4 cm³/mol. The third kappa shape index (κ3) is 3.21. The van der Waals surface area contributed by atoms with Gasteiger partial charge in [0.05, 0.1) is 18.3 Å². The molecule has 2 nitrogen and oxygen atoms in total. The van der Waals surface area contributed by atoms with E-state index in [0.29, 0.717) is 12.0 Å². The lowest BCUT2D eigenvalue weighted by Crippen LogP contribution is -2.37. The average molecular weight is 226 g/mol. The second-order valence-corrected chi connectivity index (χ2v) is 5.65. The van der Waals surface area contributed by atoms with Crippen molar-refractivity contribution < 1.29 is 9.84 Å². The van der Waals surface area contributed by atoms with Gasteiger partial charge in [0.25, 0.3) is 0 Å². The van der Waals surface area contributed by atoms with Gasteiger partial charge in [0, 0.05) is 0 Å². The highest BCUT2D eigenvalue weighted by Crippen LogP contribution is 2.32. The average Bonchev–Trinajstić information content (AvgIpc) is 2.79. The third-order valence-corrected chi connectivity index (χ3v) is 4.24. The Kier molecular flexibility index (Phi) is 4.66. The molecule has 1 N–H and O–H groups in total. The fourth-order valence-corrected chi connectivity index (χ4v) is 3.33. The van der Waals surface area contributed by atoms with Crippen molar-refractivity contribution in [2.24, 2.45) is 5.92 Å². The summed E-state index contributed by atoms with van der Waals surface area (Å²) in [5.41, 5.74) is 0. The molecule has 2 atom stereocenters. The van der Waals surface area contributed by atoms with E-state index in [0.717, 1.165) is 0 Å². The second kappa shape index (κ2) is 6.02. The Morgan fingerprint density at radius 2 is 1.50 bits per heavy atom. The Morgan fingerprint density at radius 3 is 2.06 bits per heavy atom. The molecule has 2 heteroatoms. The number of hydrogen-bond donors (Lipinski definition) is 1. The highest BCUT2D eigenvalue weighted by atomic mass is 16.5. The van der Waals surface area contributed by atoms with Crippen LogP contribution in [0, 0.1) is 5.92 Å². The van der Waals surface area contributed by atoms with E-state index in [1.165, 1.54) is 57.8 Å². The zero-order chi connectivity index (χ0) is 11.4. The minimum absolute atomic E-state index is 0.100. The molecule has 2 fully saturated rings. The van der Waals surface area contributed by atoms with Gasteiger partial charge in [-0.05, 0) is 38.5 Å². The largest absolute Gasteiger partial charge is 0.391 e. The molecule has 16 heavy (non-hydrogen) atoms. The van der Waals surface area contributed by atoms with Crippen molar-refractivity contribution in [2.75, 3.05) is 0 Å². The van der Waals surface area contributed by atoms with Crippen LogP contribution >= 0.6 is 0 Å². The minimum atomic E-state index is -0.302. The Labute approximate surface area is 99.4 Å². The number of aliphatic hydroxyl groups excluding tert-OH is 1. The first-order valence-electron chi connectivity index (χ1n) is 7.11. The van der Waals surface area contributed by atoms with Crippen molar-refractivity contribution in [3.63, 3.8) is 0 Å². The lowest BCUT2D eigenvalue weighted by molar-refractivity contribution is -0.102. The van der Waals surface area contributed by atoms with Gasteiger partial charge in [-0.3, -0.25) is 0 Å². The van der Waals surface area contributed by atoms with Gasteiger partial charge < -0.3 is 9.84 Å². The SMILES string of the molecule is CC(O)C(OC1CCCC1)C1CCCCC1. The molecule has 0 aliphatic heterocycles. The van der Waals surface area contributed by atoms with Gasteiger partial charge >= 0.3 is 0 Å². The van der Waals surface area contributed by atoms with E-state index >= 15 is 0 Å². The van der Waals surface area contributed by atoms with Gasteiger partial charge in [-0.15, -0.1) is 0 Å². The van der Waals surface area contributed by atoms with Gasteiger partial charge in [0.1, 0.15) is 0 Å². The highest BCUT2D eigenvalue weighted by molar-refractivity contribution is 4.80. The van der Waals surface area contributed by atoms with Crippen molar-refractivity contribution in [2.45, 2.75) is 83.0 Å². The van der Waals surface area contributed by atoms with E-state index in [1.807, 2.05) is 6.92 Å². The van der Waals surface area contributed by atoms with E-state index in [2.05, 4.69) is 0 Å². The molecule has 0 spiro atoms. The van der Waals surface area contributed by atoms with Crippen LogP contribution in [0.15, 0.2) is 0 Å². The summed E-state index contributed by atoms with van der Waals surface area (Å²) in [7, 11) is 0. The summed E-state index contributed by atoms with van der Waals surface area (Å²) in [5, 5.41) is 9.90. The van der Waals surface area contributed by atoms with Crippen LogP contribution in [0.25, 0.3) is 0 Å². The first kappa shape index (κ1) is 12.4. The molecule has 2 unspecified atom stereocenters. The van der Waals surface area contributed by atoms with E-state index in [-0.39, 0.29) is 12.2 Å². The number of hydrogen-bond acceptors (Lipinski definition) is 2. The fourth-order valence-electron chi connectivity index (χ4n) is 3.33. The number of ether oxygens (including phenoxy) is 1. The summed E-state index contributed by atoms with van der Waals surface area (Å²) in [6, 6.07) is 0. The summed E-state index contributed by atoms with van der Waals surface area (Å²) in [6.07, 6.45) is 11.8. The Balaban J connectivity index is 1.87. The number of rotatable bonds is 4. The zero-order valence-corrected chi connectivity index (χ0v) is 10.5. The summed E-state index contributed by atoms with van der Waals surface area (Å²) in [4.78, 5) is 0. The number of aliphatic hydroxyl groups is 1. The molecule has 0 amide bonds. The summed E-state index contributed by atoms with van der Waals surface area (Å²) < 4.78 is 6.16. The van der Waals surface area contributed by atoms with Crippen molar-refractivity contribution in [1.82, 2.24) is 0 Å². The summed E-state index contributed by atoms with van der Waals surface area (Å²) >= 11 is 0. The predicted octanol–water partition coefficient (Wildman–Crippen LogP) is 3.28. The quantitative estimate of drug-likeness (QED) is 0.797. The van der Waals surface area contributed by atoms with Crippen molar-refractivity contribution in [3.05, 3.63) is 0 Å². The maximum atomic E-state index is 9.90. The van der Waals surface area contributed by atoms with Crippen LogP contribution in [-0.4, -0.2) is 23.4 Å². The lowest BCUT2D eigenvalue weighted by Gasteiger charge is -2.34. The molecule has 0 radical (unpaired) electrons. The first-order valence-corrected chi connectivity index (χ1v) is 7.11. The van der Waals surface area contributed by atoms with Crippen molar-refractivity contribution in [1.29, 1.82) is 0 Å². The molecular weight excluding hydrogens is 200 g/mol. The van der Waals surface area contributed by atoms with Crippen LogP contribution in [0.2, 0.25) is 0 Å². The first-order chi connectivity index (χ1) is 7.77. The molecule has 2 rings (SSSR count). The van der Waals surface area contributed by atoms with Gasteiger partial charge in [-0.1, -0.05) is 32.1 Å². The van der Waals surface area contributed by atoms with Gasteiger partial charge in [-0.25, -0.2) is 0 Å². The molecular formula is C14H26O2. The molecule has 0 bridgehead atoms. The van der Waals surface area contributed by atoms with E-state index < -0.39 is 0 Å². The van der Waals surface area contributed by atoms with Gasteiger partial charge in [-0.2, -0.15) is 0 Å². The van der Waals surface area contributed by atoms with Crippen molar-refractivity contribution >= 4 is 0 Å². The molecule has 0 aromatic carbocycles. The van der Waals surface area contributed by atoms with E-state index in [4.69, 9.17) is 4.74 Å². The topological polar surface area (TPSA) is 29.5 Å². The van der Waals surface area contributed by atoms with Crippen LogP contribution in [-0.2, 0) is 4.74 Å². The normalized spacial score (nSPS) is 28.1. The van der Waals surface area contributed by atoms with Crippen LogP contribution in [0.4, 0.5) is 0 Å². The standard InChI is InChI=1S/C14H26O2/c1-11(15)14(12-7-3-2-4-8-12)16-13-9-5-6-10-13/h11-15H,2-10H2,1H3. The fraction of sp³-hybridized carbons (Fsp3) is 1.00. The monoisotopic (exact) mass is 226 g/mol. The van der Waals surface area contributed by atoms with E-state index in [9.17, 15) is 5.11 Å².